The molecule has 0 saturated carbocycles. The van der Waals surface area contributed by atoms with Crippen LogP contribution in [0.15, 0.2) is 30.9 Å². The third-order valence-corrected chi connectivity index (χ3v) is 9.06. The van der Waals surface area contributed by atoms with Crippen LogP contribution in [0.5, 0.6) is 6.01 Å². The zero-order chi connectivity index (χ0) is 27.8. The summed E-state index contributed by atoms with van der Waals surface area (Å²) in [6.45, 7) is 8.46. The smallest absolute Gasteiger partial charge is 0.318 e. The SMILES string of the molecule is C=CC(=O)N1CCN(c2nc(OC[C@@H]3CCCN3C)nc3c2CN(C2CCc4cc(N)ccc42)C3)C[C@@H]1CC#N. The molecule has 0 bridgehead atoms. The predicted molar refractivity (Wildman–Crippen MR) is 152 cm³/mol. The number of nitrogens with two attached hydrogens (primary N) is 1. The number of rotatable bonds is 7. The summed E-state index contributed by atoms with van der Waals surface area (Å²) in [5, 5.41) is 9.50. The molecule has 4 aliphatic rings. The fourth-order valence-electron chi connectivity index (χ4n) is 6.88. The van der Waals surface area contributed by atoms with Gasteiger partial charge in [0.25, 0.3) is 0 Å². The number of likely N-dealkylation sites (tertiary alicyclic amines) is 1. The van der Waals surface area contributed by atoms with Gasteiger partial charge in [0.1, 0.15) is 12.4 Å². The number of ether oxygens (including phenoxy) is 1. The third-order valence-electron chi connectivity index (χ3n) is 9.06. The lowest BCUT2D eigenvalue weighted by Gasteiger charge is -2.41. The number of hydrogen-bond donors (Lipinski definition) is 1. The van der Waals surface area contributed by atoms with Gasteiger partial charge in [-0.25, -0.2) is 0 Å². The first-order valence-electron chi connectivity index (χ1n) is 14.3. The van der Waals surface area contributed by atoms with E-state index in [0.29, 0.717) is 44.3 Å². The number of anilines is 2. The highest BCUT2D eigenvalue weighted by molar-refractivity contribution is 5.87. The number of piperazine rings is 1. The Bertz CT molecular complexity index is 1340. The molecule has 3 aliphatic heterocycles. The maximum absolute atomic E-state index is 12.5. The number of fused-ring (bicyclic) bond motifs is 2. The Balaban J connectivity index is 1.29. The Kier molecular flexibility index (Phi) is 7.34. The number of carbonyl (C=O) groups excluding carboxylic acids is 1. The van der Waals surface area contributed by atoms with Gasteiger partial charge in [0, 0.05) is 56.1 Å². The van der Waals surface area contributed by atoms with Crippen LogP contribution in [-0.4, -0.2) is 82.5 Å². The third kappa shape index (κ3) is 5.00. The van der Waals surface area contributed by atoms with E-state index in [4.69, 9.17) is 20.4 Å². The Labute approximate surface area is 236 Å². The molecular formula is C30H38N8O2. The first kappa shape index (κ1) is 26.5. The van der Waals surface area contributed by atoms with Crippen molar-refractivity contribution < 1.29 is 9.53 Å². The van der Waals surface area contributed by atoms with Gasteiger partial charge in [0.15, 0.2) is 0 Å². The lowest BCUT2D eigenvalue weighted by molar-refractivity contribution is -0.128. The number of aryl methyl sites for hydroxylation is 1. The van der Waals surface area contributed by atoms with Crippen molar-refractivity contribution in [3.8, 4) is 12.1 Å². The van der Waals surface area contributed by atoms with Gasteiger partial charge in [-0.2, -0.15) is 15.2 Å². The van der Waals surface area contributed by atoms with Crippen LogP contribution in [0.1, 0.15) is 54.1 Å². The van der Waals surface area contributed by atoms with Crippen molar-refractivity contribution in [2.45, 2.75) is 63.3 Å². The highest BCUT2D eigenvalue weighted by Gasteiger charge is 2.37. The molecule has 40 heavy (non-hydrogen) atoms. The molecule has 2 aromatic rings. The number of aromatic nitrogens is 2. The van der Waals surface area contributed by atoms with Crippen molar-refractivity contribution in [2.75, 3.05) is 50.5 Å². The molecule has 1 amide bonds. The van der Waals surface area contributed by atoms with Crippen molar-refractivity contribution >= 4 is 17.4 Å². The van der Waals surface area contributed by atoms with Gasteiger partial charge in [-0.3, -0.25) is 9.69 Å². The van der Waals surface area contributed by atoms with Crippen LogP contribution >= 0.6 is 0 Å². The Morgan fingerprint density at radius 1 is 1.23 bits per heavy atom. The molecule has 0 spiro atoms. The number of benzene rings is 1. The van der Waals surface area contributed by atoms with Crippen molar-refractivity contribution in [3.63, 3.8) is 0 Å². The zero-order valence-electron chi connectivity index (χ0n) is 23.3. The summed E-state index contributed by atoms with van der Waals surface area (Å²) in [4.78, 5) is 31.2. The molecule has 10 heteroatoms. The minimum Gasteiger partial charge on any atom is -0.462 e. The predicted octanol–water partition coefficient (Wildman–Crippen LogP) is 2.65. The summed E-state index contributed by atoms with van der Waals surface area (Å²) in [5.74, 6) is 0.732. The molecule has 10 nitrogen and oxygen atoms in total. The first-order chi connectivity index (χ1) is 19.4. The topological polar surface area (TPSA) is 115 Å². The summed E-state index contributed by atoms with van der Waals surface area (Å²) >= 11 is 0. The van der Waals surface area contributed by atoms with E-state index in [1.54, 1.807) is 4.90 Å². The van der Waals surface area contributed by atoms with Gasteiger partial charge in [0.05, 0.1) is 24.2 Å². The van der Waals surface area contributed by atoms with Crippen molar-refractivity contribution in [1.82, 2.24) is 24.7 Å². The van der Waals surface area contributed by atoms with E-state index in [9.17, 15) is 10.1 Å². The second kappa shape index (κ2) is 11.1. The first-order valence-corrected chi connectivity index (χ1v) is 14.3. The molecule has 210 valence electrons. The van der Waals surface area contributed by atoms with Gasteiger partial charge < -0.3 is 25.2 Å². The molecule has 3 atom stereocenters. The molecule has 1 unspecified atom stereocenters. The molecular weight excluding hydrogens is 504 g/mol. The van der Waals surface area contributed by atoms with E-state index in [1.807, 2.05) is 6.07 Å². The lowest BCUT2D eigenvalue weighted by atomic mass is 10.1. The molecule has 2 N–H and O–H groups in total. The van der Waals surface area contributed by atoms with Gasteiger partial charge in [-0.1, -0.05) is 12.6 Å². The van der Waals surface area contributed by atoms with Crippen molar-refractivity contribution in [1.29, 1.82) is 5.26 Å². The molecule has 0 radical (unpaired) electrons. The molecule has 1 aliphatic carbocycles. The summed E-state index contributed by atoms with van der Waals surface area (Å²) in [6, 6.07) is 9.40. The number of carbonyl (C=O) groups is 1. The summed E-state index contributed by atoms with van der Waals surface area (Å²) < 4.78 is 6.25. The summed E-state index contributed by atoms with van der Waals surface area (Å²) in [7, 11) is 2.14. The normalized spacial score (nSPS) is 24.6. The molecule has 1 aromatic carbocycles. The van der Waals surface area contributed by atoms with E-state index < -0.39 is 0 Å². The summed E-state index contributed by atoms with van der Waals surface area (Å²) in [5.41, 5.74) is 11.7. The van der Waals surface area contributed by atoms with Gasteiger partial charge in [-0.15, -0.1) is 0 Å². The van der Waals surface area contributed by atoms with E-state index >= 15 is 0 Å². The van der Waals surface area contributed by atoms with Gasteiger partial charge >= 0.3 is 6.01 Å². The van der Waals surface area contributed by atoms with Crippen LogP contribution in [0.25, 0.3) is 0 Å². The second-order valence-electron chi connectivity index (χ2n) is 11.5. The average molecular weight is 543 g/mol. The maximum Gasteiger partial charge on any atom is 0.318 e. The Morgan fingerprint density at radius 2 is 2.10 bits per heavy atom. The maximum atomic E-state index is 12.5. The van der Waals surface area contributed by atoms with Crippen LogP contribution in [0, 0.1) is 11.3 Å². The second-order valence-corrected chi connectivity index (χ2v) is 11.5. The monoisotopic (exact) mass is 542 g/mol. The molecule has 4 heterocycles. The number of nitriles is 1. The van der Waals surface area contributed by atoms with Crippen molar-refractivity contribution in [3.05, 3.63) is 53.2 Å². The molecule has 2 fully saturated rings. The van der Waals surface area contributed by atoms with E-state index in [-0.39, 0.29) is 18.4 Å². The van der Waals surface area contributed by atoms with Gasteiger partial charge in [0.2, 0.25) is 5.91 Å². The van der Waals surface area contributed by atoms with E-state index in [1.165, 1.54) is 23.6 Å². The van der Waals surface area contributed by atoms with Crippen LogP contribution in [0.2, 0.25) is 0 Å². The quantitative estimate of drug-likeness (QED) is 0.416. The van der Waals surface area contributed by atoms with Crippen LogP contribution in [0.3, 0.4) is 0 Å². The minimum absolute atomic E-state index is 0.135. The largest absolute Gasteiger partial charge is 0.462 e. The average Bonchev–Trinajstić information content (AvgIpc) is 3.68. The minimum atomic E-state index is -0.226. The number of hydrogen-bond acceptors (Lipinski definition) is 9. The van der Waals surface area contributed by atoms with Crippen LogP contribution in [0.4, 0.5) is 11.5 Å². The van der Waals surface area contributed by atoms with Crippen molar-refractivity contribution in [2.24, 2.45) is 0 Å². The van der Waals surface area contributed by atoms with Gasteiger partial charge in [-0.05, 0) is 68.6 Å². The number of amides is 1. The van der Waals surface area contributed by atoms with E-state index in [0.717, 1.165) is 61.7 Å². The molecule has 1 aromatic heterocycles. The van der Waals surface area contributed by atoms with Crippen LogP contribution in [-0.2, 0) is 24.3 Å². The Morgan fingerprint density at radius 3 is 2.88 bits per heavy atom. The standard InChI is InChI=1S/C30H38N8O2/c1-3-28(39)38-14-13-36(16-22(38)10-11-31)29-25-17-37(27-9-6-20-15-21(32)7-8-24(20)27)18-26(25)33-30(34-29)40-19-23-5-4-12-35(23)2/h3,7-8,15,22-23,27H,1,4-6,9-10,12-14,16-19,32H2,2H3/t22-,23-,27?/m0/s1. The number of nitrogen functional groups attached to an aromatic ring is 1. The highest BCUT2D eigenvalue weighted by atomic mass is 16.5. The summed E-state index contributed by atoms with van der Waals surface area (Å²) in [6.07, 6.45) is 5.96. The Hall–Kier alpha value is -3.68. The fourth-order valence-corrected chi connectivity index (χ4v) is 6.88. The molecule has 2 saturated heterocycles. The zero-order valence-corrected chi connectivity index (χ0v) is 23.3. The van der Waals surface area contributed by atoms with Crippen LogP contribution < -0.4 is 15.4 Å². The number of nitrogens with zero attached hydrogens (tertiary/aromatic N) is 7. The van der Waals surface area contributed by atoms with E-state index in [2.05, 4.69) is 46.5 Å². The number of likely N-dealkylation sites (N-methyl/N-ethyl adjacent to an activating group) is 1. The highest BCUT2D eigenvalue weighted by Crippen LogP contribution is 2.42. The molecule has 6 rings (SSSR count). The lowest BCUT2D eigenvalue weighted by Crippen LogP contribution is -2.55. The fraction of sp³-hybridized carbons (Fsp3) is 0.533.